The molecule has 0 aromatic heterocycles. The topological polar surface area (TPSA) is 77.8 Å². The maximum atomic E-state index is 11.5. The summed E-state index contributed by atoms with van der Waals surface area (Å²) in [4.78, 5) is 10.9. The van der Waals surface area contributed by atoms with Crippen LogP contribution in [0.4, 0.5) is 0 Å². The van der Waals surface area contributed by atoms with Gasteiger partial charge in [0.1, 0.15) is 6.29 Å². The van der Waals surface area contributed by atoms with Crippen LogP contribution in [0.2, 0.25) is 0 Å². The molecule has 0 spiro atoms. The summed E-state index contributed by atoms with van der Waals surface area (Å²) < 4.78 is 0. The number of aldehydes is 1. The average molecular weight is 393 g/mol. The molecule has 4 saturated carbocycles. The number of hydrogen-bond donors (Lipinski definition) is 3. The van der Waals surface area contributed by atoms with E-state index in [1.54, 1.807) is 0 Å². The first-order chi connectivity index (χ1) is 13.2. The van der Waals surface area contributed by atoms with E-state index in [1.807, 2.05) is 0 Å². The molecule has 11 atom stereocenters. The van der Waals surface area contributed by atoms with Crippen LogP contribution in [0.25, 0.3) is 0 Å². The Balaban J connectivity index is 1.63. The van der Waals surface area contributed by atoms with E-state index in [0.29, 0.717) is 36.0 Å². The normalized spacial score (nSPS) is 54.4. The van der Waals surface area contributed by atoms with E-state index in [9.17, 15) is 20.1 Å². The highest BCUT2D eigenvalue weighted by Crippen LogP contribution is 2.68. The smallest absolute Gasteiger partial charge is 0.120 e. The Bertz CT molecular complexity index is 593. The molecule has 4 aliphatic rings. The van der Waals surface area contributed by atoms with E-state index < -0.39 is 0 Å². The second-order valence-electron chi connectivity index (χ2n) is 11.2. The van der Waals surface area contributed by atoms with Gasteiger partial charge in [-0.2, -0.15) is 0 Å². The molecule has 0 radical (unpaired) electrons. The van der Waals surface area contributed by atoms with Crippen molar-refractivity contribution in [2.75, 3.05) is 0 Å². The zero-order valence-corrected chi connectivity index (χ0v) is 17.9. The molecule has 4 fully saturated rings. The minimum Gasteiger partial charge on any atom is -0.393 e. The molecule has 4 unspecified atom stereocenters. The van der Waals surface area contributed by atoms with Crippen LogP contribution in [0.15, 0.2) is 0 Å². The summed E-state index contributed by atoms with van der Waals surface area (Å²) in [5.41, 5.74) is -0.0194. The largest absolute Gasteiger partial charge is 0.393 e. The van der Waals surface area contributed by atoms with E-state index in [-0.39, 0.29) is 35.1 Å². The van der Waals surface area contributed by atoms with Crippen molar-refractivity contribution in [1.29, 1.82) is 0 Å². The van der Waals surface area contributed by atoms with Crippen LogP contribution in [0.5, 0.6) is 0 Å². The molecule has 4 aliphatic carbocycles. The Morgan fingerprint density at radius 1 is 1.04 bits per heavy atom. The van der Waals surface area contributed by atoms with Crippen molar-refractivity contribution in [2.24, 2.45) is 46.3 Å². The summed E-state index contributed by atoms with van der Waals surface area (Å²) in [5.74, 6) is 2.22. The lowest BCUT2D eigenvalue weighted by Crippen LogP contribution is -2.62. The van der Waals surface area contributed by atoms with Crippen molar-refractivity contribution in [3.63, 3.8) is 0 Å². The fraction of sp³-hybridized carbons (Fsp3) is 0.958. The molecular weight excluding hydrogens is 352 g/mol. The van der Waals surface area contributed by atoms with Gasteiger partial charge in [0.25, 0.3) is 0 Å². The number of carbonyl (C=O) groups is 1. The highest BCUT2D eigenvalue weighted by molar-refractivity contribution is 5.49. The van der Waals surface area contributed by atoms with Crippen molar-refractivity contribution < 1.29 is 20.1 Å². The molecule has 0 saturated heterocycles. The third-order valence-corrected chi connectivity index (χ3v) is 10.3. The number of aliphatic hydroxyl groups is 3. The van der Waals surface area contributed by atoms with E-state index in [1.165, 1.54) is 0 Å². The number of aliphatic hydroxyl groups excluding tert-OH is 3. The van der Waals surface area contributed by atoms with Gasteiger partial charge in [-0.25, -0.2) is 0 Å². The maximum absolute atomic E-state index is 11.5. The van der Waals surface area contributed by atoms with Crippen LogP contribution in [0.3, 0.4) is 0 Å². The van der Waals surface area contributed by atoms with Crippen molar-refractivity contribution in [2.45, 2.75) is 96.9 Å². The number of fused-ring (bicyclic) bond motifs is 5. The first-order valence-corrected chi connectivity index (χ1v) is 11.7. The van der Waals surface area contributed by atoms with Gasteiger partial charge in [-0.3, -0.25) is 0 Å². The molecule has 28 heavy (non-hydrogen) atoms. The highest BCUT2D eigenvalue weighted by Gasteiger charge is 2.65. The highest BCUT2D eigenvalue weighted by atomic mass is 16.3. The van der Waals surface area contributed by atoms with Gasteiger partial charge >= 0.3 is 0 Å². The zero-order chi connectivity index (χ0) is 20.3. The molecule has 0 bridgehead atoms. The lowest BCUT2D eigenvalue weighted by atomic mass is 9.43. The fourth-order valence-corrected chi connectivity index (χ4v) is 8.66. The van der Waals surface area contributed by atoms with Gasteiger partial charge in [-0.05, 0) is 97.7 Å². The van der Waals surface area contributed by atoms with Gasteiger partial charge in [0.2, 0.25) is 0 Å². The first-order valence-electron chi connectivity index (χ1n) is 11.7. The SMILES string of the molecule is C[C@H](CCC=O)[C@H]1CCC2C3C(O)C[C@@H]4C[C@H](O)CC[C@]4(C)C3C[C@H](O)[C@@]21C. The number of carbonyl (C=O) groups excluding carboxylic acids is 1. The second kappa shape index (κ2) is 7.35. The van der Waals surface area contributed by atoms with Crippen molar-refractivity contribution in [1.82, 2.24) is 0 Å². The van der Waals surface area contributed by atoms with Gasteiger partial charge in [-0.15, -0.1) is 0 Å². The molecule has 0 aromatic carbocycles. The lowest BCUT2D eigenvalue weighted by molar-refractivity contribution is -0.207. The second-order valence-corrected chi connectivity index (χ2v) is 11.2. The predicted octanol–water partition coefficient (Wildman–Crippen LogP) is 3.56. The molecule has 0 aliphatic heterocycles. The summed E-state index contributed by atoms with van der Waals surface area (Å²) in [6.07, 6.45) is 8.11. The molecule has 0 heterocycles. The molecular formula is C24H40O4. The lowest BCUT2D eigenvalue weighted by Gasteiger charge is -2.63. The quantitative estimate of drug-likeness (QED) is 0.639. The van der Waals surface area contributed by atoms with Gasteiger partial charge in [-0.1, -0.05) is 20.8 Å². The number of hydrogen-bond acceptors (Lipinski definition) is 4. The van der Waals surface area contributed by atoms with E-state index in [2.05, 4.69) is 20.8 Å². The molecule has 4 rings (SSSR count). The summed E-state index contributed by atoms with van der Waals surface area (Å²) in [6.45, 7) is 6.90. The Morgan fingerprint density at radius 3 is 2.50 bits per heavy atom. The number of rotatable bonds is 4. The zero-order valence-electron chi connectivity index (χ0n) is 17.9. The Labute approximate surface area is 170 Å². The summed E-state index contributed by atoms with van der Waals surface area (Å²) >= 11 is 0. The summed E-state index contributed by atoms with van der Waals surface area (Å²) in [6, 6.07) is 0. The Hall–Kier alpha value is -0.450. The van der Waals surface area contributed by atoms with Gasteiger partial charge < -0.3 is 20.1 Å². The van der Waals surface area contributed by atoms with E-state index in [4.69, 9.17) is 0 Å². The molecule has 4 heteroatoms. The van der Waals surface area contributed by atoms with E-state index >= 15 is 0 Å². The van der Waals surface area contributed by atoms with Crippen LogP contribution >= 0.6 is 0 Å². The Kier molecular flexibility index (Phi) is 5.46. The minimum absolute atomic E-state index is 0.132. The first kappa shape index (κ1) is 20.8. The third kappa shape index (κ3) is 2.93. The van der Waals surface area contributed by atoms with Gasteiger partial charge in [0, 0.05) is 6.42 Å². The van der Waals surface area contributed by atoms with Crippen LogP contribution in [-0.4, -0.2) is 39.9 Å². The van der Waals surface area contributed by atoms with E-state index in [0.717, 1.165) is 57.7 Å². The van der Waals surface area contributed by atoms with Gasteiger partial charge in [0.15, 0.2) is 0 Å². The third-order valence-electron chi connectivity index (χ3n) is 10.3. The minimum atomic E-state index is -0.334. The molecule has 3 N–H and O–H groups in total. The average Bonchev–Trinajstić information content (AvgIpc) is 3.01. The summed E-state index contributed by atoms with van der Waals surface area (Å²) in [7, 11) is 0. The maximum Gasteiger partial charge on any atom is 0.120 e. The fourth-order valence-electron chi connectivity index (χ4n) is 8.66. The molecule has 160 valence electrons. The summed E-state index contributed by atoms with van der Waals surface area (Å²) in [5, 5.41) is 32.9. The van der Waals surface area contributed by atoms with Crippen molar-refractivity contribution in [3.05, 3.63) is 0 Å². The van der Waals surface area contributed by atoms with Crippen molar-refractivity contribution in [3.8, 4) is 0 Å². The van der Waals surface area contributed by atoms with Crippen LogP contribution < -0.4 is 0 Å². The Morgan fingerprint density at radius 2 is 1.79 bits per heavy atom. The van der Waals surface area contributed by atoms with Crippen LogP contribution in [0, 0.1) is 46.3 Å². The standard InChI is InChI=1S/C24H40O4/c1-14(5-4-10-25)17-6-7-18-22-19(13-21(28)24(17,18)3)23(2)9-8-16(26)11-15(23)12-20(22)27/h10,14-22,26-28H,4-9,11-13H2,1-3H3/t14-,15+,16-,17-,18?,19?,20?,21+,22?,23+,24-/m1/s1. The van der Waals surface area contributed by atoms with Crippen LogP contribution in [-0.2, 0) is 4.79 Å². The molecule has 0 amide bonds. The molecule has 0 aromatic rings. The predicted molar refractivity (Wildman–Crippen MR) is 108 cm³/mol. The van der Waals surface area contributed by atoms with Crippen molar-refractivity contribution >= 4 is 6.29 Å². The van der Waals surface area contributed by atoms with Gasteiger partial charge in [0.05, 0.1) is 18.3 Å². The molecule has 4 nitrogen and oxygen atoms in total. The monoisotopic (exact) mass is 392 g/mol. The van der Waals surface area contributed by atoms with Crippen LogP contribution in [0.1, 0.15) is 78.6 Å².